The van der Waals surface area contributed by atoms with E-state index < -0.39 is 49.3 Å². The summed E-state index contributed by atoms with van der Waals surface area (Å²) in [7, 11) is 0. The molecule has 0 amide bonds. The van der Waals surface area contributed by atoms with Crippen molar-refractivity contribution in [2.45, 2.75) is 30.7 Å². The topological polar surface area (TPSA) is 123 Å². The summed E-state index contributed by atoms with van der Waals surface area (Å²) in [5.41, 5.74) is 0.422. The van der Waals surface area contributed by atoms with Gasteiger partial charge in [-0.25, -0.2) is 9.59 Å². The summed E-state index contributed by atoms with van der Waals surface area (Å²) in [5, 5.41) is 30.0. The Bertz CT molecular complexity index is 794. The Hall–Kier alpha value is -2.78. The van der Waals surface area contributed by atoms with E-state index in [9.17, 15) is 24.9 Å². The number of ether oxygens (including phenoxy) is 3. The molecule has 3 rings (SSSR count). The zero-order chi connectivity index (χ0) is 20.1. The third kappa shape index (κ3) is 4.37. The maximum atomic E-state index is 12.4. The van der Waals surface area contributed by atoms with E-state index in [2.05, 4.69) is 0 Å². The third-order valence-electron chi connectivity index (χ3n) is 4.32. The molecule has 28 heavy (non-hydrogen) atoms. The second-order valence-corrected chi connectivity index (χ2v) is 6.21. The van der Waals surface area contributed by atoms with Crippen molar-refractivity contribution in [2.24, 2.45) is 0 Å². The van der Waals surface area contributed by atoms with Gasteiger partial charge in [-0.05, 0) is 24.3 Å². The molecule has 148 valence electrons. The molecule has 2 aromatic rings. The van der Waals surface area contributed by atoms with Crippen molar-refractivity contribution in [1.82, 2.24) is 0 Å². The van der Waals surface area contributed by atoms with Gasteiger partial charge in [0.05, 0.1) is 17.7 Å². The van der Waals surface area contributed by atoms with Crippen LogP contribution in [0.2, 0.25) is 0 Å². The molecule has 0 spiro atoms. The lowest BCUT2D eigenvalue weighted by atomic mass is 9.98. The number of carbonyl (C=O) groups is 2. The summed E-state index contributed by atoms with van der Waals surface area (Å²) in [4.78, 5) is 24.8. The lowest BCUT2D eigenvalue weighted by Gasteiger charge is -2.41. The van der Waals surface area contributed by atoms with Crippen LogP contribution in [-0.2, 0) is 14.2 Å². The Balaban J connectivity index is 1.82. The van der Waals surface area contributed by atoms with Gasteiger partial charge in [-0.15, -0.1) is 0 Å². The van der Waals surface area contributed by atoms with E-state index in [1.165, 1.54) is 24.3 Å². The molecule has 1 saturated heterocycles. The number of esters is 2. The highest BCUT2D eigenvalue weighted by Crippen LogP contribution is 2.26. The highest BCUT2D eigenvalue weighted by molar-refractivity contribution is 5.90. The maximum absolute atomic E-state index is 12.4. The van der Waals surface area contributed by atoms with E-state index in [1.807, 2.05) is 0 Å². The predicted octanol–water partition coefficient (Wildman–Crippen LogP) is 0.508. The fraction of sp³-hybridized carbons (Fsp3) is 0.300. The normalized spacial score (nSPS) is 27.0. The molecule has 0 saturated carbocycles. The van der Waals surface area contributed by atoms with E-state index in [0.29, 0.717) is 0 Å². The number of hydrogen-bond acceptors (Lipinski definition) is 8. The molecule has 1 aliphatic rings. The minimum Gasteiger partial charge on any atom is -0.452 e. The summed E-state index contributed by atoms with van der Waals surface area (Å²) < 4.78 is 15.7. The molecule has 0 aliphatic carbocycles. The Morgan fingerprint density at radius 2 is 1.29 bits per heavy atom. The van der Waals surface area contributed by atoms with Gasteiger partial charge in [0.25, 0.3) is 0 Å². The molecule has 8 heteroatoms. The molecule has 1 aliphatic heterocycles. The van der Waals surface area contributed by atoms with E-state index >= 15 is 0 Å². The lowest BCUT2D eigenvalue weighted by molar-refractivity contribution is -0.285. The molecule has 3 N–H and O–H groups in total. The van der Waals surface area contributed by atoms with Gasteiger partial charge in [0.1, 0.15) is 12.2 Å². The van der Waals surface area contributed by atoms with Crippen LogP contribution in [-0.4, -0.2) is 64.6 Å². The number of benzene rings is 2. The molecule has 1 heterocycles. The van der Waals surface area contributed by atoms with Gasteiger partial charge < -0.3 is 29.5 Å². The van der Waals surface area contributed by atoms with Crippen molar-refractivity contribution < 1.29 is 39.1 Å². The first kappa shape index (κ1) is 20.0. The van der Waals surface area contributed by atoms with Crippen molar-refractivity contribution >= 4 is 11.9 Å². The second-order valence-electron chi connectivity index (χ2n) is 6.21. The third-order valence-corrected chi connectivity index (χ3v) is 4.32. The summed E-state index contributed by atoms with van der Waals surface area (Å²) in [6.45, 7) is -0.628. The Labute approximate surface area is 160 Å². The number of aliphatic hydroxyl groups excluding tert-OH is 3. The van der Waals surface area contributed by atoms with Crippen molar-refractivity contribution in [3.8, 4) is 0 Å². The SMILES string of the molecule is O=C(OC1[C@@H](OC(=O)c2ccccc2)[C@@H](O)C(CO)O[C@@H]1O)c1ccccc1. The Morgan fingerprint density at radius 3 is 1.75 bits per heavy atom. The van der Waals surface area contributed by atoms with Crippen molar-refractivity contribution in [3.63, 3.8) is 0 Å². The van der Waals surface area contributed by atoms with E-state index in [1.54, 1.807) is 36.4 Å². The van der Waals surface area contributed by atoms with Crippen molar-refractivity contribution in [2.75, 3.05) is 6.61 Å². The minimum absolute atomic E-state index is 0.210. The van der Waals surface area contributed by atoms with Crippen LogP contribution in [0.4, 0.5) is 0 Å². The fourth-order valence-corrected chi connectivity index (χ4v) is 2.85. The Morgan fingerprint density at radius 1 is 0.821 bits per heavy atom. The molecule has 0 bridgehead atoms. The summed E-state index contributed by atoms with van der Waals surface area (Å²) in [5.74, 6) is -1.57. The van der Waals surface area contributed by atoms with Gasteiger partial charge in [-0.2, -0.15) is 0 Å². The molecule has 2 unspecified atom stereocenters. The van der Waals surface area contributed by atoms with Crippen molar-refractivity contribution in [1.29, 1.82) is 0 Å². The predicted molar refractivity (Wildman–Crippen MR) is 95.3 cm³/mol. The molecule has 1 fully saturated rings. The quantitative estimate of drug-likeness (QED) is 0.633. The highest BCUT2D eigenvalue weighted by atomic mass is 16.7. The first-order chi connectivity index (χ1) is 13.5. The molecule has 2 aromatic carbocycles. The van der Waals surface area contributed by atoms with Crippen LogP contribution in [0.1, 0.15) is 20.7 Å². The van der Waals surface area contributed by atoms with Gasteiger partial charge >= 0.3 is 11.9 Å². The standard InChI is InChI=1S/C20H20O8/c21-11-14-15(22)16(27-18(23)12-7-3-1-4-8-12)17(20(25)26-14)28-19(24)13-9-5-2-6-10-13/h1-10,14-17,20-22,25H,11H2/t14?,15-,16-,17?,20-/m0/s1. The maximum Gasteiger partial charge on any atom is 0.338 e. The first-order valence-electron chi connectivity index (χ1n) is 8.65. The van der Waals surface area contributed by atoms with Gasteiger partial charge in [-0.3, -0.25) is 0 Å². The monoisotopic (exact) mass is 388 g/mol. The number of carbonyl (C=O) groups excluding carboxylic acids is 2. The summed E-state index contributed by atoms with van der Waals surface area (Å²) in [6.07, 6.45) is -7.37. The zero-order valence-corrected chi connectivity index (χ0v) is 14.8. The molecule has 5 atom stereocenters. The molecule has 8 nitrogen and oxygen atoms in total. The van der Waals surface area contributed by atoms with E-state index in [4.69, 9.17) is 14.2 Å². The number of aliphatic hydroxyl groups is 3. The molecule has 0 aromatic heterocycles. The molecule has 0 radical (unpaired) electrons. The number of rotatable bonds is 5. The van der Waals surface area contributed by atoms with Crippen LogP contribution in [0, 0.1) is 0 Å². The molecular weight excluding hydrogens is 368 g/mol. The minimum atomic E-state index is -1.71. The summed E-state index contributed by atoms with van der Waals surface area (Å²) >= 11 is 0. The van der Waals surface area contributed by atoms with Gasteiger partial charge in [0, 0.05) is 0 Å². The average Bonchev–Trinajstić information content (AvgIpc) is 2.73. The van der Waals surface area contributed by atoms with Crippen LogP contribution in [0.5, 0.6) is 0 Å². The van der Waals surface area contributed by atoms with Crippen LogP contribution in [0.15, 0.2) is 60.7 Å². The highest BCUT2D eigenvalue weighted by Gasteiger charge is 2.49. The van der Waals surface area contributed by atoms with Crippen LogP contribution >= 0.6 is 0 Å². The first-order valence-corrected chi connectivity index (χ1v) is 8.65. The summed E-state index contributed by atoms with van der Waals surface area (Å²) in [6, 6.07) is 16.0. The average molecular weight is 388 g/mol. The number of hydrogen-bond donors (Lipinski definition) is 3. The van der Waals surface area contributed by atoms with Gasteiger partial charge in [0.15, 0.2) is 18.5 Å². The van der Waals surface area contributed by atoms with Crippen LogP contribution in [0.25, 0.3) is 0 Å². The Kier molecular flexibility index (Phi) is 6.37. The smallest absolute Gasteiger partial charge is 0.338 e. The van der Waals surface area contributed by atoms with Gasteiger partial charge in [-0.1, -0.05) is 36.4 Å². The fourth-order valence-electron chi connectivity index (χ4n) is 2.85. The van der Waals surface area contributed by atoms with Gasteiger partial charge in [0.2, 0.25) is 0 Å². The van der Waals surface area contributed by atoms with Crippen LogP contribution < -0.4 is 0 Å². The zero-order valence-electron chi connectivity index (χ0n) is 14.8. The van der Waals surface area contributed by atoms with Crippen molar-refractivity contribution in [3.05, 3.63) is 71.8 Å². The molecular formula is C20H20O8. The van der Waals surface area contributed by atoms with E-state index in [0.717, 1.165) is 0 Å². The largest absolute Gasteiger partial charge is 0.452 e. The second kappa shape index (κ2) is 8.94. The van der Waals surface area contributed by atoms with E-state index in [-0.39, 0.29) is 11.1 Å². The van der Waals surface area contributed by atoms with Crippen LogP contribution in [0.3, 0.4) is 0 Å². The lowest BCUT2D eigenvalue weighted by Crippen LogP contribution is -2.61.